The normalized spacial score (nSPS) is 12.4. The summed E-state index contributed by atoms with van der Waals surface area (Å²) in [7, 11) is 0. The first-order valence-electron chi connectivity index (χ1n) is 7.33. The molecular weight excluding hydrogens is 284 g/mol. The van der Waals surface area contributed by atoms with Gasteiger partial charge in [0.1, 0.15) is 0 Å². The molecule has 0 radical (unpaired) electrons. The summed E-state index contributed by atoms with van der Waals surface area (Å²) in [5.74, 6) is -0.488. The SMILES string of the molecule is CCOC(=O)c1cc2c(=O)n(C(CC)CO)ccc2nc1C. The van der Waals surface area contributed by atoms with Gasteiger partial charge in [0.15, 0.2) is 0 Å². The van der Waals surface area contributed by atoms with Gasteiger partial charge in [-0.2, -0.15) is 0 Å². The average molecular weight is 304 g/mol. The summed E-state index contributed by atoms with van der Waals surface area (Å²) >= 11 is 0. The number of nitrogens with zero attached hydrogens (tertiary/aromatic N) is 2. The first-order valence-corrected chi connectivity index (χ1v) is 7.33. The van der Waals surface area contributed by atoms with Crippen LogP contribution in [0.5, 0.6) is 0 Å². The van der Waals surface area contributed by atoms with Crippen LogP contribution in [0.2, 0.25) is 0 Å². The van der Waals surface area contributed by atoms with Gasteiger partial charge in [-0.05, 0) is 32.4 Å². The number of hydrogen-bond donors (Lipinski definition) is 1. The van der Waals surface area contributed by atoms with Crippen LogP contribution in [0.1, 0.15) is 42.4 Å². The van der Waals surface area contributed by atoms with E-state index < -0.39 is 5.97 Å². The van der Waals surface area contributed by atoms with E-state index in [1.54, 1.807) is 26.1 Å². The Kier molecular flexibility index (Phi) is 4.92. The highest BCUT2D eigenvalue weighted by atomic mass is 16.5. The van der Waals surface area contributed by atoms with Crippen molar-refractivity contribution in [3.8, 4) is 0 Å². The molecule has 0 aliphatic rings. The van der Waals surface area contributed by atoms with Gasteiger partial charge in [0.25, 0.3) is 5.56 Å². The maximum absolute atomic E-state index is 12.6. The molecule has 0 saturated heterocycles. The lowest BCUT2D eigenvalue weighted by atomic mass is 10.1. The summed E-state index contributed by atoms with van der Waals surface area (Å²) in [5, 5.41) is 9.73. The van der Waals surface area contributed by atoms with Crippen molar-refractivity contribution < 1.29 is 14.6 Å². The number of pyridine rings is 2. The number of rotatable bonds is 5. The van der Waals surface area contributed by atoms with Gasteiger partial charge in [0.2, 0.25) is 0 Å². The molecule has 2 heterocycles. The van der Waals surface area contributed by atoms with Crippen LogP contribution < -0.4 is 5.56 Å². The minimum Gasteiger partial charge on any atom is -0.462 e. The molecule has 2 aromatic rings. The van der Waals surface area contributed by atoms with Crippen molar-refractivity contribution in [3.63, 3.8) is 0 Å². The first kappa shape index (κ1) is 16.2. The molecule has 0 aromatic carbocycles. The van der Waals surface area contributed by atoms with Crippen LogP contribution in [0.4, 0.5) is 0 Å². The topological polar surface area (TPSA) is 81.4 Å². The number of esters is 1. The second kappa shape index (κ2) is 6.70. The van der Waals surface area contributed by atoms with Crippen molar-refractivity contribution >= 4 is 16.9 Å². The Bertz CT molecular complexity index is 748. The number of aliphatic hydroxyl groups excluding tert-OH is 1. The van der Waals surface area contributed by atoms with E-state index in [-0.39, 0.29) is 24.8 Å². The molecule has 1 N–H and O–H groups in total. The Balaban J connectivity index is 2.65. The molecule has 1 atom stereocenters. The third kappa shape index (κ3) is 2.87. The van der Waals surface area contributed by atoms with Gasteiger partial charge in [-0.15, -0.1) is 0 Å². The molecule has 0 fully saturated rings. The summed E-state index contributed by atoms with van der Waals surface area (Å²) in [6, 6.07) is 2.96. The lowest BCUT2D eigenvalue weighted by Crippen LogP contribution is -2.26. The largest absolute Gasteiger partial charge is 0.462 e. The lowest BCUT2D eigenvalue weighted by molar-refractivity contribution is 0.0525. The average Bonchev–Trinajstić information content (AvgIpc) is 2.50. The Labute approximate surface area is 128 Å². The lowest BCUT2D eigenvalue weighted by Gasteiger charge is -2.16. The second-order valence-corrected chi connectivity index (χ2v) is 5.05. The number of aliphatic hydroxyl groups is 1. The molecule has 6 heteroatoms. The first-order chi connectivity index (χ1) is 10.5. The fourth-order valence-corrected chi connectivity index (χ4v) is 2.40. The smallest absolute Gasteiger partial charge is 0.339 e. The minimum atomic E-state index is -0.488. The van der Waals surface area contributed by atoms with Gasteiger partial charge in [0, 0.05) is 6.20 Å². The molecule has 118 valence electrons. The maximum atomic E-state index is 12.6. The summed E-state index contributed by atoms with van der Waals surface area (Å²) < 4.78 is 6.47. The van der Waals surface area contributed by atoms with Crippen molar-refractivity contribution in [2.45, 2.75) is 33.2 Å². The van der Waals surface area contributed by atoms with E-state index in [2.05, 4.69) is 4.98 Å². The highest BCUT2D eigenvalue weighted by Gasteiger charge is 2.16. The Morgan fingerprint density at radius 3 is 2.77 bits per heavy atom. The second-order valence-electron chi connectivity index (χ2n) is 5.05. The zero-order valence-corrected chi connectivity index (χ0v) is 13.0. The van der Waals surface area contributed by atoms with Crippen molar-refractivity contribution in [1.82, 2.24) is 9.55 Å². The Morgan fingerprint density at radius 2 is 2.18 bits per heavy atom. The standard InChI is InChI=1S/C16H20N2O4/c1-4-11(9-19)18-7-6-14-13(15(18)20)8-12(10(3)17-14)16(21)22-5-2/h6-8,11,19H,4-5,9H2,1-3H3. The number of ether oxygens (including phenoxy) is 1. The summed E-state index contributed by atoms with van der Waals surface area (Å²) in [5.41, 5.74) is 1.08. The molecule has 2 aromatic heterocycles. The molecule has 0 spiro atoms. The van der Waals surface area contributed by atoms with Crippen LogP contribution in [0.15, 0.2) is 23.1 Å². The number of carbonyl (C=O) groups is 1. The summed E-state index contributed by atoms with van der Waals surface area (Å²) in [6.07, 6.45) is 2.26. The van der Waals surface area contributed by atoms with Crippen molar-refractivity contribution in [3.05, 3.63) is 39.9 Å². The van der Waals surface area contributed by atoms with Gasteiger partial charge >= 0.3 is 5.97 Å². The molecule has 0 saturated carbocycles. The van der Waals surface area contributed by atoms with E-state index >= 15 is 0 Å². The van der Waals surface area contributed by atoms with Crippen LogP contribution >= 0.6 is 0 Å². The number of aryl methyl sites for hydroxylation is 1. The molecular formula is C16H20N2O4. The molecule has 22 heavy (non-hydrogen) atoms. The fourth-order valence-electron chi connectivity index (χ4n) is 2.40. The van der Waals surface area contributed by atoms with Crippen molar-refractivity contribution in [2.24, 2.45) is 0 Å². The van der Waals surface area contributed by atoms with Crippen molar-refractivity contribution in [2.75, 3.05) is 13.2 Å². The van der Waals surface area contributed by atoms with Crippen LogP contribution in [0.25, 0.3) is 10.9 Å². The highest BCUT2D eigenvalue weighted by Crippen LogP contribution is 2.16. The van der Waals surface area contributed by atoms with Gasteiger partial charge in [-0.1, -0.05) is 6.92 Å². The highest BCUT2D eigenvalue weighted by molar-refractivity contribution is 5.94. The third-order valence-electron chi connectivity index (χ3n) is 3.67. The zero-order chi connectivity index (χ0) is 16.3. The molecule has 0 bridgehead atoms. The monoisotopic (exact) mass is 304 g/mol. The molecule has 0 aliphatic heterocycles. The fraction of sp³-hybridized carbons (Fsp3) is 0.438. The third-order valence-corrected chi connectivity index (χ3v) is 3.67. The van der Waals surface area contributed by atoms with Gasteiger partial charge in [-0.25, -0.2) is 4.79 Å². The number of hydrogen-bond acceptors (Lipinski definition) is 5. The summed E-state index contributed by atoms with van der Waals surface area (Å²) in [4.78, 5) is 28.8. The molecule has 2 rings (SSSR count). The van der Waals surface area contributed by atoms with Crippen LogP contribution in [0.3, 0.4) is 0 Å². The van der Waals surface area contributed by atoms with Gasteiger partial charge in [0.05, 0.1) is 41.4 Å². The molecule has 6 nitrogen and oxygen atoms in total. The van der Waals surface area contributed by atoms with Gasteiger partial charge in [-0.3, -0.25) is 9.78 Å². The molecule has 0 aliphatic carbocycles. The number of carbonyl (C=O) groups excluding carboxylic acids is 1. The van der Waals surface area contributed by atoms with Crippen molar-refractivity contribution in [1.29, 1.82) is 0 Å². The minimum absolute atomic E-state index is 0.119. The number of fused-ring (bicyclic) bond motifs is 1. The number of aromatic nitrogens is 2. The van der Waals surface area contributed by atoms with E-state index in [9.17, 15) is 14.7 Å². The Morgan fingerprint density at radius 1 is 1.45 bits per heavy atom. The van der Waals surface area contributed by atoms with Crippen LogP contribution in [-0.2, 0) is 4.74 Å². The van der Waals surface area contributed by atoms with E-state index in [1.165, 1.54) is 10.6 Å². The van der Waals surface area contributed by atoms with Gasteiger partial charge < -0.3 is 14.4 Å². The zero-order valence-electron chi connectivity index (χ0n) is 13.0. The van der Waals surface area contributed by atoms with Crippen LogP contribution in [0, 0.1) is 6.92 Å². The van der Waals surface area contributed by atoms with Crippen LogP contribution in [-0.4, -0.2) is 33.8 Å². The maximum Gasteiger partial charge on any atom is 0.339 e. The molecule has 1 unspecified atom stereocenters. The van der Waals surface area contributed by atoms with E-state index in [1.807, 2.05) is 6.92 Å². The predicted octanol–water partition coefficient (Wildman–Crippen LogP) is 1.83. The summed E-state index contributed by atoms with van der Waals surface area (Å²) in [6.45, 7) is 5.47. The quantitative estimate of drug-likeness (QED) is 0.852. The predicted molar refractivity (Wildman–Crippen MR) is 83.1 cm³/mol. The van der Waals surface area contributed by atoms with E-state index in [0.717, 1.165) is 0 Å². The Hall–Kier alpha value is -2.21. The molecule has 0 amide bonds. The van der Waals surface area contributed by atoms with E-state index in [0.29, 0.717) is 28.6 Å². The van der Waals surface area contributed by atoms with E-state index in [4.69, 9.17) is 4.74 Å².